The lowest BCUT2D eigenvalue weighted by atomic mass is 9.81. The first-order chi connectivity index (χ1) is 7.91. The van der Waals surface area contributed by atoms with Crippen molar-refractivity contribution in [2.75, 3.05) is 6.54 Å². The van der Waals surface area contributed by atoms with Gasteiger partial charge < -0.3 is 5.73 Å². The summed E-state index contributed by atoms with van der Waals surface area (Å²) in [7, 11) is 0. The third-order valence-electron chi connectivity index (χ3n) is 3.20. The van der Waals surface area contributed by atoms with Gasteiger partial charge in [-0.05, 0) is 36.9 Å². The standard InChI is InChI=1S/C12H17ClN2O2/c1-3-12(2,8-14)7-9-6-10(13)4-5-11(9)15(16)17/h4-6H,3,7-8,14H2,1-2H3. The van der Waals surface area contributed by atoms with Crippen LogP contribution in [0.3, 0.4) is 0 Å². The molecule has 1 unspecified atom stereocenters. The van der Waals surface area contributed by atoms with E-state index in [9.17, 15) is 10.1 Å². The zero-order chi connectivity index (χ0) is 13.1. The predicted octanol–water partition coefficient (Wildman–Crippen LogP) is 3.17. The van der Waals surface area contributed by atoms with Crippen LogP contribution in [-0.2, 0) is 6.42 Å². The van der Waals surface area contributed by atoms with E-state index in [0.717, 1.165) is 6.42 Å². The number of nitrogens with zero attached hydrogens (tertiary/aromatic N) is 1. The largest absolute Gasteiger partial charge is 0.330 e. The number of nitro groups is 1. The summed E-state index contributed by atoms with van der Waals surface area (Å²) in [5.41, 5.74) is 6.36. The van der Waals surface area contributed by atoms with Gasteiger partial charge in [0.2, 0.25) is 0 Å². The van der Waals surface area contributed by atoms with Crippen molar-refractivity contribution in [2.24, 2.45) is 11.1 Å². The maximum absolute atomic E-state index is 10.9. The number of hydrogen-bond acceptors (Lipinski definition) is 3. The molecule has 0 amide bonds. The Morgan fingerprint density at radius 1 is 1.53 bits per heavy atom. The molecular formula is C12H17ClN2O2. The molecule has 1 aromatic rings. The summed E-state index contributed by atoms with van der Waals surface area (Å²) in [5.74, 6) is 0. The van der Waals surface area contributed by atoms with Crippen LogP contribution < -0.4 is 5.73 Å². The molecule has 0 bridgehead atoms. The second-order valence-electron chi connectivity index (χ2n) is 4.58. The molecule has 0 aromatic heterocycles. The van der Waals surface area contributed by atoms with Gasteiger partial charge in [-0.1, -0.05) is 25.4 Å². The maximum Gasteiger partial charge on any atom is 0.272 e. The highest BCUT2D eigenvalue weighted by atomic mass is 35.5. The van der Waals surface area contributed by atoms with Gasteiger partial charge in [-0.3, -0.25) is 10.1 Å². The summed E-state index contributed by atoms with van der Waals surface area (Å²) in [6.07, 6.45) is 1.43. The lowest BCUT2D eigenvalue weighted by Gasteiger charge is -2.26. The third kappa shape index (κ3) is 3.41. The molecule has 5 heteroatoms. The highest BCUT2D eigenvalue weighted by Gasteiger charge is 2.25. The number of hydrogen-bond donors (Lipinski definition) is 1. The maximum atomic E-state index is 10.9. The minimum absolute atomic E-state index is 0.113. The van der Waals surface area contributed by atoms with Crippen molar-refractivity contribution in [3.05, 3.63) is 38.9 Å². The normalized spacial score (nSPS) is 14.4. The summed E-state index contributed by atoms with van der Waals surface area (Å²) >= 11 is 5.88. The molecule has 2 N–H and O–H groups in total. The Kier molecular flexibility index (Phi) is 4.48. The van der Waals surface area contributed by atoms with Crippen LogP contribution in [0.1, 0.15) is 25.8 Å². The Morgan fingerprint density at radius 3 is 2.65 bits per heavy atom. The summed E-state index contributed by atoms with van der Waals surface area (Å²) in [4.78, 5) is 10.6. The Morgan fingerprint density at radius 2 is 2.18 bits per heavy atom. The fourth-order valence-electron chi connectivity index (χ4n) is 1.68. The van der Waals surface area contributed by atoms with Gasteiger partial charge in [0, 0.05) is 16.7 Å². The van der Waals surface area contributed by atoms with Gasteiger partial charge in [-0.25, -0.2) is 0 Å². The first-order valence-corrected chi connectivity index (χ1v) is 5.92. The molecule has 0 spiro atoms. The van der Waals surface area contributed by atoms with Crippen LogP contribution in [-0.4, -0.2) is 11.5 Å². The van der Waals surface area contributed by atoms with Crippen molar-refractivity contribution in [1.82, 2.24) is 0 Å². The van der Waals surface area contributed by atoms with Crippen molar-refractivity contribution >= 4 is 17.3 Å². The smallest absolute Gasteiger partial charge is 0.272 e. The molecule has 0 radical (unpaired) electrons. The topological polar surface area (TPSA) is 69.2 Å². The van der Waals surface area contributed by atoms with Gasteiger partial charge in [0.15, 0.2) is 0 Å². The van der Waals surface area contributed by atoms with Gasteiger partial charge in [-0.2, -0.15) is 0 Å². The quantitative estimate of drug-likeness (QED) is 0.650. The molecule has 0 aliphatic rings. The van der Waals surface area contributed by atoms with Gasteiger partial charge in [0.05, 0.1) is 4.92 Å². The number of rotatable bonds is 5. The molecule has 1 rings (SSSR count). The first kappa shape index (κ1) is 13.9. The molecule has 94 valence electrons. The summed E-state index contributed by atoms with van der Waals surface area (Å²) < 4.78 is 0. The van der Waals surface area contributed by atoms with Gasteiger partial charge >= 0.3 is 0 Å². The second kappa shape index (κ2) is 5.47. The zero-order valence-electron chi connectivity index (χ0n) is 10.1. The van der Waals surface area contributed by atoms with Gasteiger partial charge in [0.1, 0.15) is 0 Å². The van der Waals surface area contributed by atoms with E-state index in [4.69, 9.17) is 17.3 Å². The Bertz CT molecular complexity index is 417. The van der Waals surface area contributed by atoms with E-state index in [1.165, 1.54) is 12.1 Å². The molecule has 1 aromatic carbocycles. The van der Waals surface area contributed by atoms with Crippen LogP contribution in [0.25, 0.3) is 0 Å². The van der Waals surface area contributed by atoms with Crippen molar-refractivity contribution in [1.29, 1.82) is 0 Å². The minimum Gasteiger partial charge on any atom is -0.330 e. The van der Waals surface area contributed by atoms with E-state index >= 15 is 0 Å². The van der Waals surface area contributed by atoms with Crippen molar-refractivity contribution in [3.8, 4) is 0 Å². The number of nitro benzene ring substituents is 1. The molecule has 0 fully saturated rings. The van der Waals surface area contributed by atoms with E-state index < -0.39 is 0 Å². The Hall–Kier alpha value is -1.13. The number of benzene rings is 1. The van der Waals surface area contributed by atoms with Crippen LogP contribution >= 0.6 is 11.6 Å². The third-order valence-corrected chi connectivity index (χ3v) is 3.44. The average Bonchev–Trinajstić information content (AvgIpc) is 2.28. The fourth-order valence-corrected chi connectivity index (χ4v) is 1.87. The molecule has 0 aliphatic heterocycles. The van der Waals surface area contributed by atoms with Crippen molar-refractivity contribution in [2.45, 2.75) is 26.7 Å². The molecule has 4 nitrogen and oxygen atoms in total. The fraction of sp³-hybridized carbons (Fsp3) is 0.500. The molecule has 0 saturated heterocycles. The van der Waals surface area contributed by atoms with Crippen LogP contribution in [0.15, 0.2) is 18.2 Å². The molecule has 1 atom stereocenters. The van der Waals surface area contributed by atoms with Crippen LogP contribution in [0, 0.1) is 15.5 Å². The van der Waals surface area contributed by atoms with E-state index in [0.29, 0.717) is 23.6 Å². The van der Waals surface area contributed by atoms with Crippen LogP contribution in [0.5, 0.6) is 0 Å². The first-order valence-electron chi connectivity index (χ1n) is 5.55. The molecule has 0 aliphatic carbocycles. The predicted molar refractivity (Wildman–Crippen MR) is 69.3 cm³/mol. The Labute approximate surface area is 106 Å². The van der Waals surface area contributed by atoms with E-state index in [-0.39, 0.29) is 16.0 Å². The van der Waals surface area contributed by atoms with Crippen LogP contribution in [0.4, 0.5) is 5.69 Å². The second-order valence-corrected chi connectivity index (χ2v) is 5.01. The van der Waals surface area contributed by atoms with E-state index in [1.807, 2.05) is 13.8 Å². The number of nitrogens with two attached hydrogens (primary N) is 1. The Balaban J connectivity index is 3.12. The number of halogens is 1. The monoisotopic (exact) mass is 256 g/mol. The zero-order valence-corrected chi connectivity index (χ0v) is 10.8. The molecular weight excluding hydrogens is 240 g/mol. The van der Waals surface area contributed by atoms with Crippen molar-refractivity contribution in [3.63, 3.8) is 0 Å². The van der Waals surface area contributed by atoms with Crippen LogP contribution in [0.2, 0.25) is 5.02 Å². The van der Waals surface area contributed by atoms with E-state index in [2.05, 4.69) is 0 Å². The molecule has 0 heterocycles. The molecule has 0 saturated carbocycles. The molecule has 17 heavy (non-hydrogen) atoms. The average molecular weight is 257 g/mol. The summed E-state index contributed by atoms with van der Waals surface area (Å²) in [6.45, 7) is 4.55. The van der Waals surface area contributed by atoms with Gasteiger partial charge in [-0.15, -0.1) is 0 Å². The summed E-state index contributed by atoms with van der Waals surface area (Å²) in [5, 5.41) is 11.4. The SMILES string of the molecule is CCC(C)(CN)Cc1cc(Cl)ccc1[N+](=O)[O-]. The van der Waals surface area contributed by atoms with Gasteiger partial charge in [0.25, 0.3) is 5.69 Å². The van der Waals surface area contributed by atoms with E-state index in [1.54, 1.807) is 6.07 Å². The lowest BCUT2D eigenvalue weighted by Crippen LogP contribution is -2.29. The summed E-state index contributed by atoms with van der Waals surface area (Å²) in [6, 6.07) is 4.64. The minimum atomic E-state index is -0.377. The lowest BCUT2D eigenvalue weighted by molar-refractivity contribution is -0.385. The highest BCUT2D eigenvalue weighted by molar-refractivity contribution is 6.30. The highest BCUT2D eigenvalue weighted by Crippen LogP contribution is 2.31. The van der Waals surface area contributed by atoms with Crippen molar-refractivity contribution < 1.29 is 4.92 Å².